The number of nitrogens with zero attached hydrogens (tertiary/aromatic N) is 4. The second-order valence-electron chi connectivity index (χ2n) is 5.37. The summed E-state index contributed by atoms with van der Waals surface area (Å²) in [6.45, 7) is 4.60. The molecule has 0 unspecified atom stereocenters. The van der Waals surface area contributed by atoms with Crippen LogP contribution in [0, 0.1) is 6.92 Å². The molecule has 7 nitrogen and oxygen atoms in total. The van der Waals surface area contributed by atoms with Crippen LogP contribution in [0.15, 0.2) is 6.20 Å². The van der Waals surface area contributed by atoms with E-state index in [0.717, 1.165) is 34.9 Å². The van der Waals surface area contributed by atoms with Gasteiger partial charge in [-0.15, -0.1) is 5.10 Å². The van der Waals surface area contributed by atoms with Gasteiger partial charge in [0.05, 0.1) is 17.9 Å². The summed E-state index contributed by atoms with van der Waals surface area (Å²) in [5, 5.41) is 11.3. The molecule has 0 saturated carbocycles. The minimum absolute atomic E-state index is 0.0535. The number of rotatable bonds is 4. The van der Waals surface area contributed by atoms with Crippen molar-refractivity contribution in [1.82, 2.24) is 24.7 Å². The van der Waals surface area contributed by atoms with Crippen LogP contribution in [0.25, 0.3) is 0 Å². The predicted octanol–water partition coefficient (Wildman–Crippen LogP) is 1.40. The molecule has 2 aromatic rings. The molecule has 0 spiro atoms. The number of carbonyl (C=O) groups is 1. The maximum atomic E-state index is 12.5. The number of nitrogens with one attached hydrogen (secondary N) is 1. The van der Waals surface area contributed by atoms with Crippen LogP contribution in [-0.2, 0) is 18.2 Å². The lowest BCUT2D eigenvalue weighted by atomic mass is 10.0. The van der Waals surface area contributed by atoms with Crippen LogP contribution in [0.4, 0.5) is 0 Å². The highest BCUT2D eigenvalue weighted by molar-refractivity contribution is 7.08. The number of carbonyl (C=O) groups excluding carboxylic acids is 1. The summed E-state index contributed by atoms with van der Waals surface area (Å²) in [6, 6.07) is -0.0535. The van der Waals surface area contributed by atoms with Gasteiger partial charge in [0.1, 0.15) is 11.0 Å². The van der Waals surface area contributed by atoms with Gasteiger partial charge in [0, 0.05) is 24.9 Å². The normalized spacial score (nSPS) is 21.2. The first kappa shape index (κ1) is 15.1. The minimum Gasteiger partial charge on any atom is -0.371 e. The number of aryl methyl sites for hydroxylation is 2. The van der Waals surface area contributed by atoms with E-state index in [4.69, 9.17) is 4.74 Å². The molecule has 1 aliphatic heterocycles. The fourth-order valence-corrected chi connectivity index (χ4v) is 3.34. The van der Waals surface area contributed by atoms with Crippen LogP contribution < -0.4 is 5.32 Å². The molecular formula is C14H19N5O2S. The Labute approximate surface area is 132 Å². The Balaban J connectivity index is 1.77. The number of ether oxygens (including phenoxy) is 1. The molecule has 3 heterocycles. The Morgan fingerprint density at radius 3 is 3.09 bits per heavy atom. The predicted molar refractivity (Wildman–Crippen MR) is 81.8 cm³/mol. The van der Waals surface area contributed by atoms with Crippen molar-refractivity contribution in [1.29, 1.82) is 0 Å². The van der Waals surface area contributed by atoms with Crippen molar-refractivity contribution in [2.24, 2.45) is 7.05 Å². The summed E-state index contributed by atoms with van der Waals surface area (Å²) in [5.74, 6) is -0.117. The van der Waals surface area contributed by atoms with Gasteiger partial charge in [-0.3, -0.25) is 9.48 Å². The highest BCUT2D eigenvalue weighted by Gasteiger charge is 2.34. The minimum atomic E-state index is -0.149. The molecule has 0 aliphatic carbocycles. The van der Waals surface area contributed by atoms with E-state index in [-0.39, 0.29) is 18.1 Å². The molecule has 2 aromatic heterocycles. The second-order valence-corrected chi connectivity index (χ2v) is 6.13. The van der Waals surface area contributed by atoms with E-state index in [2.05, 4.69) is 20.0 Å². The Bertz CT molecular complexity index is 681. The van der Waals surface area contributed by atoms with Crippen LogP contribution in [0.3, 0.4) is 0 Å². The van der Waals surface area contributed by atoms with Gasteiger partial charge in [-0.2, -0.15) is 5.10 Å². The molecule has 0 aromatic carbocycles. The standard InChI is InChI=1S/C14H19N5O2S/c1-4-10-13(22-18-17-10)14(20)16-11-5-6-21-12(11)9-7-15-19(3)8(9)2/h7,11-12H,4-6H2,1-3H3,(H,16,20)/t11-,12+/m0/s1. The topological polar surface area (TPSA) is 81.9 Å². The van der Waals surface area contributed by atoms with Crippen molar-refractivity contribution in [2.75, 3.05) is 6.61 Å². The molecule has 2 atom stereocenters. The van der Waals surface area contributed by atoms with Crippen LogP contribution >= 0.6 is 11.5 Å². The van der Waals surface area contributed by atoms with Gasteiger partial charge >= 0.3 is 0 Å². The first-order valence-corrected chi connectivity index (χ1v) is 8.11. The first-order valence-electron chi connectivity index (χ1n) is 7.34. The molecule has 1 fully saturated rings. The van der Waals surface area contributed by atoms with E-state index in [1.54, 1.807) is 0 Å². The fourth-order valence-electron chi connectivity index (χ4n) is 2.69. The van der Waals surface area contributed by atoms with Crippen molar-refractivity contribution < 1.29 is 9.53 Å². The van der Waals surface area contributed by atoms with Crippen molar-refractivity contribution in [3.63, 3.8) is 0 Å². The molecular weight excluding hydrogens is 302 g/mol. The van der Waals surface area contributed by atoms with Gasteiger partial charge < -0.3 is 10.1 Å². The molecule has 1 saturated heterocycles. The smallest absolute Gasteiger partial charge is 0.265 e. The lowest BCUT2D eigenvalue weighted by Gasteiger charge is -2.19. The zero-order valence-electron chi connectivity index (χ0n) is 12.9. The number of amides is 1. The maximum absolute atomic E-state index is 12.5. The van der Waals surface area contributed by atoms with Crippen LogP contribution in [-0.4, -0.2) is 37.9 Å². The fraction of sp³-hybridized carbons (Fsp3) is 0.571. The maximum Gasteiger partial charge on any atom is 0.265 e. The third-order valence-corrected chi connectivity index (χ3v) is 4.85. The molecule has 0 radical (unpaired) electrons. The third kappa shape index (κ3) is 2.64. The van der Waals surface area contributed by atoms with Crippen molar-refractivity contribution in [3.8, 4) is 0 Å². The van der Waals surface area contributed by atoms with Gasteiger partial charge in [0.15, 0.2) is 0 Å². The second kappa shape index (κ2) is 6.13. The molecule has 22 heavy (non-hydrogen) atoms. The van der Waals surface area contributed by atoms with Crippen LogP contribution in [0.5, 0.6) is 0 Å². The SMILES string of the molecule is CCc1nnsc1C(=O)N[C@H]1CCO[C@@H]1c1cnn(C)c1C. The van der Waals surface area contributed by atoms with E-state index in [9.17, 15) is 4.79 Å². The average Bonchev–Trinajstić information content (AvgIpc) is 3.21. The Kier molecular flexibility index (Phi) is 4.21. The summed E-state index contributed by atoms with van der Waals surface area (Å²) in [4.78, 5) is 13.0. The highest BCUT2D eigenvalue weighted by atomic mass is 32.1. The summed E-state index contributed by atoms with van der Waals surface area (Å²) < 4.78 is 11.5. The van der Waals surface area contributed by atoms with E-state index < -0.39 is 0 Å². The lowest BCUT2D eigenvalue weighted by Crippen LogP contribution is -2.37. The van der Waals surface area contributed by atoms with Gasteiger partial charge in [0.25, 0.3) is 5.91 Å². The van der Waals surface area contributed by atoms with Gasteiger partial charge in [0.2, 0.25) is 0 Å². The Morgan fingerprint density at radius 1 is 1.59 bits per heavy atom. The van der Waals surface area contributed by atoms with Crippen LogP contribution in [0.1, 0.15) is 46.1 Å². The Hall–Kier alpha value is -1.80. The molecule has 118 valence electrons. The third-order valence-electron chi connectivity index (χ3n) is 4.08. The van der Waals surface area contributed by atoms with Gasteiger partial charge in [-0.1, -0.05) is 11.4 Å². The molecule has 1 N–H and O–H groups in total. The highest BCUT2D eigenvalue weighted by Crippen LogP contribution is 2.31. The quantitative estimate of drug-likeness (QED) is 0.920. The van der Waals surface area contributed by atoms with E-state index in [1.165, 1.54) is 0 Å². The van der Waals surface area contributed by atoms with E-state index >= 15 is 0 Å². The molecule has 1 amide bonds. The molecule has 8 heteroatoms. The summed E-state index contributed by atoms with van der Waals surface area (Å²) in [5.41, 5.74) is 2.83. The summed E-state index contributed by atoms with van der Waals surface area (Å²) >= 11 is 1.14. The van der Waals surface area contributed by atoms with Crippen molar-refractivity contribution >= 4 is 17.4 Å². The molecule has 1 aliphatic rings. The van der Waals surface area contributed by atoms with Gasteiger partial charge in [-0.25, -0.2) is 0 Å². The lowest BCUT2D eigenvalue weighted by molar-refractivity contribution is 0.0821. The summed E-state index contributed by atoms with van der Waals surface area (Å²) in [6.07, 6.45) is 3.16. The number of aromatic nitrogens is 4. The van der Waals surface area contributed by atoms with E-state index in [1.807, 2.05) is 31.8 Å². The summed E-state index contributed by atoms with van der Waals surface area (Å²) in [7, 11) is 1.90. The van der Waals surface area contributed by atoms with Crippen molar-refractivity contribution in [3.05, 3.63) is 28.0 Å². The largest absolute Gasteiger partial charge is 0.371 e. The zero-order valence-corrected chi connectivity index (χ0v) is 13.7. The zero-order chi connectivity index (χ0) is 15.7. The van der Waals surface area contributed by atoms with Gasteiger partial charge in [-0.05, 0) is 31.3 Å². The van der Waals surface area contributed by atoms with E-state index in [0.29, 0.717) is 17.9 Å². The average molecular weight is 321 g/mol. The molecule has 0 bridgehead atoms. The first-order chi connectivity index (χ1) is 10.6. The number of hydrogen-bond donors (Lipinski definition) is 1. The Morgan fingerprint density at radius 2 is 2.41 bits per heavy atom. The van der Waals surface area contributed by atoms with Crippen LogP contribution in [0.2, 0.25) is 0 Å². The molecule has 3 rings (SSSR count). The number of hydrogen-bond acceptors (Lipinski definition) is 6. The monoisotopic (exact) mass is 321 g/mol. The van der Waals surface area contributed by atoms with Crippen molar-refractivity contribution in [2.45, 2.75) is 38.8 Å².